The summed E-state index contributed by atoms with van der Waals surface area (Å²) in [7, 11) is 0. The molecule has 10 heavy (non-hydrogen) atoms. The second-order valence-corrected chi connectivity index (χ2v) is 1.61. The molecule has 0 unspecified atom stereocenters. The number of alkyl halides is 3. The minimum Gasteiger partial charge on any atom is -0.164 e. The van der Waals surface area contributed by atoms with E-state index in [1.54, 1.807) is 0 Å². The summed E-state index contributed by atoms with van der Waals surface area (Å²) in [5.74, 6) is 0. The highest BCUT2D eigenvalue weighted by molar-refractivity contribution is 6.02. The van der Waals surface area contributed by atoms with E-state index in [0.717, 1.165) is 6.08 Å². The Morgan fingerprint density at radius 3 is 2.40 bits per heavy atom. The molecule has 0 amide bonds. The first-order valence-corrected chi connectivity index (χ1v) is 2.45. The highest BCUT2D eigenvalue weighted by atomic mass is 19.4. The van der Waals surface area contributed by atoms with E-state index in [9.17, 15) is 13.2 Å². The van der Waals surface area contributed by atoms with Gasteiger partial charge in [0.05, 0.1) is 5.10 Å². The molecule has 1 heterocycles. The Balaban J connectivity index is 2.85. The molecule has 1 aliphatic rings. The largest absolute Gasteiger partial charge is 0.439 e. The van der Waals surface area contributed by atoms with Crippen molar-refractivity contribution in [3.63, 3.8) is 0 Å². The third kappa shape index (κ3) is 1.43. The van der Waals surface area contributed by atoms with Gasteiger partial charge in [0.25, 0.3) is 6.21 Å². The van der Waals surface area contributed by atoms with Crippen LogP contribution in [0.4, 0.5) is 13.2 Å². The molecule has 0 bridgehead atoms. The molecule has 0 aromatic rings. The van der Waals surface area contributed by atoms with E-state index < -0.39 is 11.9 Å². The van der Waals surface area contributed by atoms with Gasteiger partial charge in [-0.25, -0.2) is 0 Å². The summed E-state index contributed by atoms with van der Waals surface area (Å²) in [6.45, 7) is 0. The van der Waals surface area contributed by atoms with E-state index in [2.05, 4.69) is 10.2 Å². The number of hydrogen-bond acceptors (Lipinski definition) is 2. The first kappa shape index (κ1) is 6.98. The van der Waals surface area contributed by atoms with Crippen LogP contribution in [0.25, 0.3) is 0 Å². The second kappa shape index (κ2) is 2.24. The van der Waals surface area contributed by atoms with E-state index in [1.807, 2.05) is 0 Å². The zero-order valence-corrected chi connectivity index (χ0v) is 4.76. The van der Waals surface area contributed by atoms with Gasteiger partial charge < -0.3 is 0 Å². The van der Waals surface area contributed by atoms with E-state index in [1.165, 1.54) is 12.3 Å². The first-order chi connectivity index (χ1) is 4.61. The number of allylic oxidation sites excluding steroid dienone is 2. The molecule has 0 saturated heterocycles. The van der Waals surface area contributed by atoms with Crippen LogP contribution in [0.1, 0.15) is 0 Å². The smallest absolute Gasteiger partial charge is 0.164 e. The maximum absolute atomic E-state index is 11.7. The maximum atomic E-state index is 11.7. The molecule has 0 spiro atoms. The fourth-order valence-corrected chi connectivity index (χ4v) is 0.453. The van der Waals surface area contributed by atoms with Gasteiger partial charge in [0.2, 0.25) is 10.8 Å². The molecule has 0 aromatic carbocycles. The number of nitrogens with zero attached hydrogens (tertiary/aromatic N) is 2. The predicted octanol–water partition coefficient (Wildman–Crippen LogP) is 0.881. The molecule has 1 aliphatic heterocycles. The third-order valence-electron chi connectivity index (χ3n) is 0.863. The zero-order valence-electron chi connectivity index (χ0n) is 4.76. The molecule has 0 saturated carbocycles. The minimum atomic E-state index is -4.38. The average molecular weight is 148 g/mol. The Labute approximate surface area is 54.8 Å². The molecule has 0 N–H and O–H groups in total. The molecule has 53 valence electrons. The third-order valence-corrected chi connectivity index (χ3v) is 0.863. The van der Waals surface area contributed by atoms with Gasteiger partial charge in [0.15, 0.2) is 0 Å². The van der Waals surface area contributed by atoms with Gasteiger partial charge in [-0.05, 0) is 6.08 Å². The maximum Gasteiger partial charge on any atom is 0.439 e. The van der Waals surface area contributed by atoms with Crippen molar-refractivity contribution in [2.75, 3.05) is 0 Å². The fourth-order valence-electron chi connectivity index (χ4n) is 0.453. The van der Waals surface area contributed by atoms with Crippen molar-refractivity contribution in [1.29, 1.82) is 0 Å². The van der Waals surface area contributed by atoms with Crippen LogP contribution < -0.4 is 5.10 Å². The molecular weight excluding hydrogens is 145 g/mol. The molecule has 0 aromatic heterocycles. The quantitative estimate of drug-likeness (QED) is 0.487. The Kier molecular flexibility index (Phi) is 1.57. The zero-order chi connectivity index (χ0) is 7.61. The SMILES string of the molecule is FC(F)(F)C1=N[N+]=CC=C1. The molecule has 1 radical (unpaired) electrons. The van der Waals surface area contributed by atoms with Gasteiger partial charge >= 0.3 is 6.18 Å². The minimum absolute atomic E-state index is 0.868. The van der Waals surface area contributed by atoms with Crippen LogP contribution in [-0.2, 0) is 0 Å². The lowest BCUT2D eigenvalue weighted by Crippen LogP contribution is -2.22. The van der Waals surface area contributed by atoms with Crippen LogP contribution in [0, 0.1) is 0 Å². The Bertz CT molecular complexity index is 211. The van der Waals surface area contributed by atoms with Crippen molar-refractivity contribution in [2.24, 2.45) is 5.10 Å². The average Bonchev–Trinajstić information content (AvgIpc) is 1.88. The molecule has 2 nitrogen and oxygen atoms in total. The Morgan fingerprint density at radius 1 is 1.40 bits per heavy atom. The molecule has 5 heteroatoms. The molecular formula is C5H3F3N2+. The van der Waals surface area contributed by atoms with Crippen LogP contribution in [0.2, 0.25) is 0 Å². The van der Waals surface area contributed by atoms with Gasteiger partial charge in [-0.3, -0.25) is 0 Å². The highest BCUT2D eigenvalue weighted by Gasteiger charge is 2.37. The van der Waals surface area contributed by atoms with E-state index >= 15 is 0 Å². The predicted molar refractivity (Wildman–Crippen MR) is 30.8 cm³/mol. The van der Waals surface area contributed by atoms with Crippen molar-refractivity contribution in [1.82, 2.24) is 5.10 Å². The molecule has 0 aliphatic carbocycles. The molecule has 0 atom stereocenters. The summed E-state index contributed by atoms with van der Waals surface area (Å²) in [5.41, 5.74) is -0.963. The highest BCUT2D eigenvalue weighted by Crippen LogP contribution is 2.17. The van der Waals surface area contributed by atoms with Gasteiger partial charge in [-0.2, -0.15) is 13.2 Å². The van der Waals surface area contributed by atoms with Crippen LogP contribution in [0.5, 0.6) is 0 Å². The lowest BCUT2D eigenvalue weighted by atomic mass is 10.3. The van der Waals surface area contributed by atoms with Crippen LogP contribution in [0.3, 0.4) is 0 Å². The monoisotopic (exact) mass is 148 g/mol. The Morgan fingerprint density at radius 2 is 2.10 bits per heavy atom. The Hall–Kier alpha value is -1.13. The van der Waals surface area contributed by atoms with Crippen molar-refractivity contribution in [3.05, 3.63) is 12.2 Å². The topological polar surface area (TPSA) is 26.5 Å². The summed E-state index contributed by atoms with van der Waals surface area (Å²) in [4.78, 5) is 0. The molecule has 1 rings (SSSR count). The van der Waals surface area contributed by atoms with Gasteiger partial charge in [-0.15, -0.1) is 0 Å². The van der Waals surface area contributed by atoms with Gasteiger partial charge in [0, 0.05) is 6.08 Å². The van der Waals surface area contributed by atoms with Gasteiger partial charge in [-0.1, -0.05) is 0 Å². The van der Waals surface area contributed by atoms with Crippen molar-refractivity contribution in [2.45, 2.75) is 6.18 Å². The number of halogens is 3. The standard InChI is InChI=1S/C5H3F3N2/c6-5(7,8)4-2-1-3-9-10-4/h1-3H/q+1. The van der Waals surface area contributed by atoms with Gasteiger partial charge in [0.1, 0.15) is 0 Å². The summed E-state index contributed by atoms with van der Waals surface area (Å²) in [5, 5.41) is 5.96. The summed E-state index contributed by atoms with van der Waals surface area (Å²) < 4.78 is 35.1. The van der Waals surface area contributed by atoms with Crippen molar-refractivity contribution in [3.8, 4) is 0 Å². The lowest BCUT2D eigenvalue weighted by Gasteiger charge is -2.00. The van der Waals surface area contributed by atoms with Crippen LogP contribution in [-0.4, -0.2) is 18.1 Å². The molecule has 0 fully saturated rings. The second-order valence-electron chi connectivity index (χ2n) is 1.61. The van der Waals surface area contributed by atoms with E-state index in [4.69, 9.17) is 0 Å². The van der Waals surface area contributed by atoms with Crippen molar-refractivity contribution >= 4 is 11.9 Å². The number of hydrogen-bond donors (Lipinski definition) is 0. The first-order valence-electron chi connectivity index (χ1n) is 2.45. The van der Waals surface area contributed by atoms with E-state index in [-0.39, 0.29) is 0 Å². The van der Waals surface area contributed by atoms with E-state index in [0.29, 0.717) is 0 Å². The van der Waals surface area contributed by atoms with Crippen LogP contribution in [0.15, 0.2) is 17.3 Å². The summed E-state index contributed by atoms with van der Waals surface area (Å²) >= 11 is 0. The lowest BCUT2D eigenvalue weighted by molar-refractivity contribution is -0.0580. The van der Waals surface area contributed by atoms with Crippen LogP contribution >= 0.6 is 0 Å². The normalized spacial score (nSPS) is 17.3. The summed E-state index contributed by atoms with van der Waals surface area (Å²) in [6.07, 6.45) is -1.13. The fraction of sp³-hybridized carbons (Fsp3) is 0.200. The summed E-state index contributed by atoms with van der Waals surface area (Å²) in [6, 6.07) is 0. The number of rotatable bonds is 0. The van der Waals surface area contributed by atoms with Crippen molar-refractivity contribution < 1.29 is 13.2 Å².